The van der Waals surface area contributed by atoms with Crippen LogP contribution < -0.4 is 10.2 Å². The molecular weight excluding hydrogens is 324 g/mol. The third-order valence-corrected chi connectivity index (χ3v) is 5.14. The number of nitrogens with one attached hydrogen (secondary N) is 1. The molecule has 0 spiro atoms. The van der Waals surface area contributed by atoms with Gasteiger partial charge in [-0.2, -0.15) is 0 Å². The number of hydrogen-bond acceptors (Lipinski definition) is 2. The van der Waals surface area contributed by atoms with Gasteiger partial charge in [-0.25, -0.2) is 0 Å². The molecule has 3 rings (SSSR count). The molecule has 0 aromatic heterocycles. The fourth-order valence-corrected chi connectivity index (χ4v) is 3.44. The molecule has 1 unspecified atom stereocenters. The molecular formula is C18H21BrN2. The predicted molar refractivity (Wildman–Crippen MR) is 92.9 cm³/mol. The molecule has 1 saturated heterocycles. The van der Waals surface area contributed by atoms with Gasteiger partial charge in [-0.1, -0.05) is 42.5 Å². The Morgan fingerprint density at radius 3 is 2.71 bits per heavy atom. The highest BCUT2D eigenvalue weighted by Gasteiger charge is 2.20. The van der Waals surface area contributed by atoms with E-state index in [9.17, 15) is 0 Å². The van der Waals surface area contributed by atoms with E-state index in [4.69, 9.17) is 0 Å². The van der Waals surface area contributed by atoms with Gasteiger partial charge in [0, 0.05) is 23.6 Å². The van der Waals surface area contributed by atoms with Gasteiger partial charge < -0.3 is 10.2 Å². The highest BCUT2D eigenvalue weighted by Crippen LogP contribution is 2.31. The van der Waals surface area contributed by atoms with E-state index in [1.54, 1.807) is 0 Å². The predicted octanol–water partition coefficient (Wildman–Crippen LogP) is 4.30. The lowest BCUT2D eigenvalue weighted by molar-refractivity contribution is 0.570. The van der Waals surface area contributed by atoms with Crippen LogP contribution in [0.2, 0.25) is 0 Å². The van der Waals surface area contributed by atoms with Gasteiger partial charge in [0.05, 0.1) is 5.69 Å². The monoisotopic (exact) mass is 344 g/mol. The molecule has 1 aliphatic heterocycles. The van der Waals surface area contributed by atoms with E-state index in [0.29, 0.717) is 6.04 Å². The maximum atomic E-state index is 3.76. The molecule has 2 aromatic rings. The number of nitrogens with zero attached hydrogens (tertiary/aromatic N) is 1. The summed E-state index contributed by atoms with van der Waals surface area (Å²) in [5, 5.41) is 3.67. The van der Waals surface area contributed by atoms with Crippen molar-refractivity contribution in [1.82, 2.24) is 5.32 Å². The van der Waals surface area contributed by atoms with Crippen molar-refractivity contribution in [2.24, 2.45) is 0 Å². The minimum absolute atomic E-state index is 0.390. The summed E-state index contributed by atoms with van der Waals surface area (Å²) in [5.74, 6) is 0. The lowest BCUT2D eigenvalue weighted by atomic mass is 10.1. The smallest absolute Gasteiger partial charge is 0.0514 e. The Balaban J connectivity index is 1.87. The third-order valence-electron chi connectivity index (χ3n) is 4.11. The van der Waals surface area contributed by atoms with Crippen LogP contribution in [0.1, 0.15) is 23.6 Å². The van der Waals surface area contributed by atoms with Crippen molar-refractivity contribution in [3.8, 4) is 0 Å². The van der Waals surface area contributed by atoms with Crippen LogP contribution in [0.15, 0.2) is 53.0 Å². The third kappa shape index (κ3) is 3.30. The first-order valence-corrected chi connectivity index (χ1v) is 8.33. The van der Waals surface area contributed by atoms with Crippen LogP contribution in [0.4, 0.5) is 5.69 Å². The summed E-state index contributed by atoms with van der Waals surface area (Å²) in [4.78, 5) is 2.49. The first-order chi connectivity index (χ1) is 10.3. The van der Waals surface area contributed by atoms with Gasteiger partial charge in [0.2, 0.25) is 0 Å². The quantitative estimate of drug-likeness (QED) is 0.873. The van der Waals surface area contributed by atoms with Gasteiger partial charge in [0.25, 0.3) is 0 Å². The van der Waals surface area contributed by atoms with Gasteiger partial charge in [-0.15, -0.1) is 0 Å². The van der Waals surface area contributed by atoms with E-state index in [1.165, 1.54) is 27.7 Å². The molecule has 21 heavy (non-hydrogen) atoms. The van der Waals surface area contributed by atoms with Crippen molar-refractivity contribution in [1.29, 1.82) is 0 Å². The van der Waals surface area contributed by atoms with Crippen LogP contribution in [0.5, 0.6) is 0 Å². The number of halogens is 1. The van der Waals surface area contributed by atoms with Crippen molar-refractivity contribution < 1.29 is 0 Å². The second-order valence-electron chi connectivity index (χ2n) is 5.62. The number of hydrogen-bond donors (Lipinski definition) is 1. The first kappa shape index (κ1) is 14.6. The molecule has 1 atom stereocenters. The van der Waals surface area contributed by atoms with E-state index in [-0.39, 0.29) is 0 Å². The standard InChI is InChI=1S/C18H21BrN2/c1-14-7-5-10-17(18(14)19)21-12-6-11-20-16(13-21)15-8-3-2-4-9-15/h2-5,7-10,16,20H,6,11-13H2,1H3. The Labute approximate surface area is 135 Å². The Bertz CT molecular complexity index is 597. The fraction of sp³-hybridized carbons (Fsp3) is 0.333. The summed E-state index contributed by atoms with van der Waals surface area (Å²) in [6.07, 6.45) is 1.17. The Hall–Kier alpha value is -1.32. The van der Waals surface area contributed by atoms with Crippen LogP contribution in [-0.4, -0.2) is 19.6 Å². The topological polar surface area (TPSA) is 15.3 Å². The molecule has 2 nitrogen and oxygen atoms in total. The van der Waals surface area contributed by atoms with Crippen LogP contribution in [0, 0.1) is 6.92 Å². The van der Waals surface area contributed by atoms with Gasteiger partial charge in [-0.3, -0.25) is 0 Å². The zero-order chi connectivity index (χ0) is 14.7. The summed E-state index contributed by atoms with van der Waals surface area (Å²) in [5.41, 5.74) is 3.97. The molecule has 0 aliphatic carbocycles. The Morgan fingerprint density at radius 2 is 1.90 bits per heavy atom. The first-order valence-electron chi connectivity index (χ1n) is 7.54. The zero-order valence-electron chi connectivity index (χ0n) is 12.3. The molecule has 0 amide bonds. The normalized spacial score (nSPS) is 19.3. The summed E-state index contributed by atoms with van der Waals surface area (Å²) in [6.45, 7) is 5.32. The summed E-state index contributed by atoms with van der Waals surface area (Å²) < 4.78 is 1.22. The maximum absolute atomic E-state index is 3.76. The average molecular weight is 345 g/mol. The molecule has 1 N–H and O–H groups in total. The van der Waals surface area contributed by atoms with Gasteiger partial charge in [0.1, 0.15) is 0 Å². The molecule has 2 aromatic carbocycles. The van der Waals surface area contributed by atoms with E-state index >= 15 is 0 Å². The lowest BCUT2D eigenvalue weighted by Gasteiger charge is -2.28. The Morgan fingerprint density at radius 1 is 1.10 bits per heavy atom. The molecule has 0 radical (unpaired) electrons. The Kier molecular flexibility index (Phi) is 4.61. The largest absolute Gasteiger partial charge is 0.369 e. The van der Waals surface area contributed by atoms with E-state index in [1.807, 2.05) is 0 Å². The second-order valence-corrected chi connectivity index (χ2v) is 6.42. The zero-order valence-corrected chi connectivity index (χ0v) is 13.9. The van der Waals surface area contributed by atoms with Gasteiger partial charge in [0.15, 0.2) is 0 Å². The highest BCUT2D eigenvalue weighted by atomic mass is 79.9. The fourth-order valence-electron chi connectivity index (χ4n) is 2.93. The minimum atomic E-state index is 0.390. The number of rotatable bonds is 2. The van der Waals surface area contributed by atoms with Crippen LogP contribution in [0.3, 0.4) is 0 Å². The number of aryl methyl sites for hydroxylation is 1. The van der Waals surface area contributed by atoms with E-state index in [0.717, 1.165) is 19.6 Å². The molecule has 1 aliphatic rings. The summed E-state index contributed by atoms with van der Waals surface area (Å²) in [6, 6.07) is 17.6. The van der Waals surface area contributed by atoms with E-state index < -0.39 is 0 Å². The summed E-state index contributed by atoms with van der Waals surface area (Å²) >= 11 is 3.76. The average Bonchev–Trinajstić information content (AvgIpc) is 2.77. The highest BCUT2D eigenvalue weighted by molar-refractivity contribution is 9.10. The van der Waals surface area contributed by atoms with Crippen molar-refractivity contribution in [3.05, 3.63) is 64.1 Å². The van der Waals surface area contributed by atoms with Crippen LogP contribution in [-0.2, 0) is 0 Å². The SMILES string of the molecule is Cc1cccc(N2CCCNC(c3ccccc3)C2)c1Br. The number of anilines is 1. The van der Waals surface area contributed by atoms with Crippen LogP contribution >= 0.6 is 15.9 Å². The second kappa shape index (κ2) is 6.63. The van der Waals surface area contributed by atoms with Crippen molar-refractivity contribution in [2.45, 2.75) is 19.4 Å². The van der Waals surface area contributed by atoms with Gasteiger partial charge >= 0.3 is 0 Å². The molecule has 3 heteroatoms. The van der Waals surface area contributed by atoms with Crippen molar-refractivity contribution in [2.75, 3.05) is 24.5 Å². The lowest BCUT2D eigenvalue weighted by Crippen LogP contribution is -2.31. The summed E-state index contributed by atoms with van der Waals surface area (Å²) in [7, 11) is 0. The van der Waals surface area contributed by atoms with Crippen molar-refractivity contribution >= 4 is 21.6 Å². The van der Waals surface area contributed by atoms with Gasteiger partial charge in [-0.05, 0) is 53.0 Å². The molecule has 1 fully saturated rings. The maximum Gasteiger partial charge on any atom is 0.0514 e. The molecule has 110 valence electrons. The minimum Gasteiger partial charge on any atom is -0.369 e. The van der Waals surface area contributed by atoms with Crippen molar-refractivity contribution in [3.63, 3.8) is 0 Å². The molecule has 0 saturated carbocycles. The van der Waals surface area contributed by atoms with E-state index in [2.05, 4.69) is 81.6 Å². The molecule has 1 heterocycles. The van der Waals surface area contributed by atoms with Crippen LogP contribution in [0.25, 0.3) is 0 Å². The molecule has 0 bridgehead atoms. The number of benzene rings is 2.